The van der Waals surface area contributed by atoms with Gasteiger partial charge < -0.3 is 14.8 Å². The number of nitrogens with one attached hydrogen (secondary N) is 1. The number of fused-ring (bicyclic) bond motifs is 1. The zero-order valence-electron chi connectivity index (χ0n) is 12.0. The lowest BCUT2D eigenvalue weighted by Crippen LogP contribution is -2.23. The number of hydrogen-bond donors (Lipinski definition) is 1. The lowest BCUT2D eigenvalue weighted by Gasteiger charge is -2.14. The Bertz CT molecular complexity index is 484. The summed E-state index contributed by atoms with van der Waals surface area (Å²) in [6.07, 6.45) is -0.261. The SMILES string of the molecule is CC.COC(CNc1ccc2ccccc2n1)OC. The highest BCUT2D eigenvalue weighted by Gasteiger charge is 2.04. The molecular formula is C15H22N2O2. The van der Waals surface area contributed by atoms with Crippen LogP contribution in [-0.2, 0) is 9.47 Å². The van der Waals surface area contributed by atoms with Crippen molar-refractivity contribution in [3.8, 4) is 0 Å². The van der Waals surface area contributed by atoms with E-state index in [1.807, 2.05) is 50.2 Å². The maximum Gasteiger partial charge on any atom is 0.173 e. The van der Waals surface area contributed by atoms with Crippen LogP contribution in [0.25, 0.3) is 10.9 Å². The number of methoxy groups -OCH3 is 2. The van der Waals surface area contributed by atoms with E-state index in [2.05, 4.69) is 10.3 Å². The van der Waals surface area contributed by atoms with Crippen molar-refractivity contribution < 1.29 is 9.47 Å². The fourth-order valence-electron chi connectivity index (χ4n) is 1.62. The fraction of sp³-hybridized carbons (Fsp3) is 0.400. The Morgan fingerprint density at radius 2 is 1.74 bits per heavy atom. The van der Waals surface area contributed by atoms with Gasteiger partial charge in [-0.3, -0.25) is 0 Å². The van der Waals surface area contributed by atoms with Gasteiger partial charge in [0.25, 0.3) is 0 Å². The smallest absolute Gasteiger partial charge is 0.173 e. The molecule has 0 aliphatic carbocycles. The van der Waals surface area contributed by atoms with E-state index in [-0.39, 0.29) is 6.29 Å². The number of pyridine rings is 1. The monoisotopic (exact) mass is 262 g/mol. The van der Waals surface area contributed by atoms with Crippen molar-refractivity contribution in [2.45, 2.75) is 20.1 Å². The molecule has 1 N–H and O–H groups in total. The number of benzene rings is 1. The number of anilines is 1. The average molecular weight is 262 g/mol. The van der Waals surface area contributed by atoms with Gasteiger partial charge >= 0.3 is 0 Å². The summed E-state index contributed by atoms with van der Waals surface area (Å²) >= 11 is 0. The predicted octanol–water partition coefficient (Wildman–Crippen LogP) is 3.29. The summed E-state index contributed by atoms with van der Waals surface area (Å²) in [6, 6.07) is 12.0. The first kappa shape index (κ1) is 15.4. The van der Waals surface area contributed by atoms with Crippen LogP contribution in [0.3, 0.4) is 0 Å². The standard InChI is InChI=1S/C13H16N2O2.C2H6/c1-16-13(17-2)9-14-12-8-7-10-5-3-4-6-11(10)15-12;1-2/h3-8,13H,9H2,1-2H3,(H,14,15);1-2H3. The van der Waals surface area contributed by atoms with Gasteiger partial charge in [0.2, 0.25) is 0 Å². The van der Waals surface area contributed by atoms with Crippen molar-refractivity contribution >= 4 is 16.7 Å². The van der Waals surface area contributed by atoms with Crippen molar-refractivity contribution in [1.82, 2.24) is 4.98 Å². The first-order chi connectivity index (χ1) is 9.33. The molecule has 2 aromatic rings. The summed E-state index contributed by atoms with van der Waals surface area (Å²) in [7, 11) is 3.23. The first-order valence-electron chi connectivity index (χ1n) is 6.48. The van der Waals surface area contributed by atoms with E-state index < -0.39 is 0 Å². The lowest BCUT2D eigenvalue weighted by molar-refractivity contribution is -0.0914. The minimum atomic E-state index is -0.261. The predicted molar refractivity (Wildman–Crippen MR) is 79.4 cm³/mol. The highest BCUT2D eigenvalue weighted by atomic mass is 16.7. The van der Waals surface area contributed by atoms with Gasteiger partial charge in [0.1, 0.15) is 5.82 Å². The maximum absolute atomic E-state index is 5.10. The second kappa shape index (κ2) is 8.45. The Morgan fingerprint density at radius 1 is 1.05 bits per heavy atom. The van der Waals surface area contributed by atoms with E-state index in [0.29, 0.717) is 6.54 Å². The van der Waals surface area contributed by atoms with Crippen LogP contribution in [-0.4, -0.2) is 32.0 Å². The normalized spacial score (nSPS) is 10.2. The average Bonchev–Trinajstić information content (AvgIpc) is 2.50. The molecule has 0 aliphatic rings. The second-order valence-electron chi connectivity index (χ2n) is 3.67. The minimum Gasteiger partial charge on any atom is -0.365 e. The summed E-state index contributed by atoms with van der Waals surface area (Å²) in [5.41, 5.74) is 0.976. The number of hydrogen-bond acceptors (Lipinski definition) is 4. The van der Waals surface area contributed by atoms with Gasteiger partial charge in [0, 0.05) is 19.6 Å². The van der Waals surface area contributed by atoms with Crippen LogP contribution < -0.4 is 5.32 Å². The Morgan fingerprint density at radius 3 is 2.42 bits per heavy atom. The number of aromatic nitrogens is 1. The van der Waals surface area contributed by atoms with E-state index in [0.717, 1.165) is 16.7 Å². The molecule has 0 unspecified atom stereocenters. The summed E-state index contributed by atoms with van der Waals surface area (Å²) in [5, 5.41) is 4.31. The van der Waals surface area contributed by atoms with Gasteiger partial charge in [0.05, 0.1) is 12.1 Å². The van der Waals surface area contributed by atoms with E-state index in [9.17, 15) is 0 Å². The molecule has 1 heterocycles. The van der Waals surface area contributed by atoms with Crippen LogP contribution in [0.5, 0.6) is 0 Å². The molecule has 0 aliphatic heterocycles. The van der Waals surface area contributed by atoms with E-state index in [1.54, 1.807) is 14.2 Å². The molecular weight excluding hydrogens is 240 g/mol. The van der Waals surface area contributed by atoms with Crippen molar-refractivity contribution in [3.63, 3.8) is 0 Å². The van der Waals surface area contributed by atoms with E-state index >= 15 is 0 Å². The Hall–Kier alpha value is -1.65. The third kappa shape index (κ3) is 4.50. The fourth-order valence-corrected chi connectivity index (χ4v) is 1.62. The molecule has 0 spiro atoms. The van der Waals surface area contributed by atoms with Crippen molar-refractivity contribution in [1.29, 1.82) is 0 Å². The van der Waals surface area contributed by atoms with Gasteiger partial charge in [-0.2, -0.15) is 0 Å². The van der Waals surface area contributed by atoms with Gasteiger partial charge in [-0.25, -0.2) is 4.98 Å². The molecule has 4 nitrogen and oxygen atoms in total. The maximum atomic E-state index is 5.10. The Balaban J connectivity index is 0.000000861. The quantitative estimate of drug-likeness (QED) is 0.840. The molecule has 0 saturated heterocycles. The third-order valence-electron chi connectivity index (χ3n) is 2.57. The van der Waals surface area contributed by atoms with E-state index in [4.69, 9.17) is 9.47 Å². The first-order valence-corrected chi connectivity index (χ1v) is 6.48. The highest BCUT2D eigenvalue weighted by molar-refractivity contribution is 5.79. The summed E-state index contributed by atoms with van der Waals surface area (Å²) in [6.45, 7) is 4.57. The zero-order valence-corrected chi connectivity index (χ0v) is 12.0. The molecule has 0 fully saturated rings. The molecule has 4 heteroatoms. The zero-order chi connectivity index (χ0) is 14.1. The molecule has 1 aromatic heterocycles. The van der Waals surface area contributed by atoms with Gasteiger partial charge in [-0.1, -0.05) is 32.0 Å². The Kier molecular flexibility index (Phi) is 6.85. The summed E-state index contributed by atoms with van der Waals surface area (Å²) in [5.74, 6) is 0.822. The number of nitrogens with zero attached hydrogens (tertiary/aromatic N) is 1. The van der Waals surface area contributed by atoms with Gasteiger partial charge in [-0.15, -0.1) is 0 Å². The van der Waals surface area contributed by atoms with Crippen LogP contribution in [0.1, 0.15) is 13.8 Å². The highest BCUT2D eigenvalue weighted by Crippen LogP contribution is 2.14. The third-order valence-corrected chi connectivity index (χ3v) is 2.57. The van der Waals surface area contributed by atoms with Crippen LogP contribution >= 0.6 is 0 Å². The van der Waals surface area contributed by atoms with Crippen LogP contribution in [0.4, 0.5) is 5.82 Å². The van der Waals surface area contributed by atoms with Crippen LogP contribution in [0.15, 0.2) is 36.4 Å². The minimum absolute atomic E-state index is 0.261. The largest absolute Gasteiger partial charge is 0.365 e. The molecule has 0 bridgehead atoms. The Labute approximate surface area is 114 Å². The van der Waals surface area contributed by atoms with Crippen LogP contribution in [0.2, 0.25) is 0 Å². The number of rotatable bonds is 5. The molecule has 0 amide bonds. The number of para-hydroxylation sites is 1. The molecule has 0 saturated carbocycles. The molecule has 0 atom stereocenters. The molecule has 0 radical (unpaired) electrons. The lowest BCUT2D eigenvalue weighted by atomic mass is 10.2. The van der Waals surface area contributed by atoms with Gasteiger partial charge in [-0.05, 0) is 18.2 Å². The van der Waals surface area contributed by atoms with Crippen molar-refractivity contribution in [2.75, 3.05) is 26.1 Å². The van der Waals surface area contributed by atoms with Crippen molar-refractivity contribution in [3.05, 3.63) is 36.4 Å². The number of ether oxygens (including phenoxy) is 2. The van der Waals surface area contributed by atoms with Crippen LogP contribution in [0, 0.1) is 0 Å². The summed E-state index contributed by atoms with van der Waals surface area (Å²) < 4.78 is 10.2. The topological polar surface area (TPSA) is 43.4 Å². The van der Waals surface area contributed by atoms with Crippen molar-refractivity contribution in [2.24, 2.45) is 0 Å². The molecule has 1 aromatic carbocycles. The molecule has 104 valence electrons. The molecule has 19 heavy (non-hydrogen) atoms. The van der Waals surface area contributed by atoms with Gasteiger partial charge in [0.15, 0.2) is 6.29 Å². The second-order valence-corrected chi connectivity index (χ2v) is 3.67. The van der Waals surface area contributed by atoms with E-state index in [1.165, 1.54) is 0 Å². The molecule has 2 rings (SSSR count). The summed E-state index contributed by atoms with van der Waals surface area (Å²) in [4.78, 5) is 4.49.